The van der Waals surface area contributed by atoms with Gasteiger partial charge in [0.15, 0.2) is 0 Å². The summed E-state index contributed by atoms with van der Waals surface area (Å²) in [6.07, 6.45) is 2.72. The number of pyridine rings is 1. The largest absolute Gasteiger partial charge is 0.352 e. The predicted octanol–water partition coefficient (Wildman–Crippen LogP) is 3.56. The van der Waals surface area contributed by atoms with Gasteiger partial charge in [-0.15, -0.1) is 11.3 Å². The maximum Gasteiger partial charge on any atom is 0.261 e. The van der Waals surface area contributed by atoms with Crippen molar-refractivity contribution in [2.24, 2.45) is 0 Å². The van der Waals surface area contributed by atoms with Crippen molar-refractivity contribution in [3.63, 3.8) is 0 Å². The van der Waals surface area contributed by atoms with E-state index in [0.717, 1.165) is 35.5 Å². The van der Waals surface area contributed by atoms with E-state index < -0.39 is 0 Å². The lowest BCUT2D eigenvalue weighted by Crippen LogP contribution is -2.30. The second kappa shape index (κ2) is 8.58. The number of thiazole rings is 1. The van der Waals surface area contributed by atoms with Crippen LogP contribution in [0.3, 0.4) is 0 Å². The first-order valence-corrected chi connectivity index (χ1v) is 9.49. The highest BCUT2D eigenvalue weighted by Gasteiger charge is 2.11. The number of benzene rings is 1. The van der Waals surface area contributed by atoms with E-state index in [2.05, 4.69) is 15.3 Å². The van der Waals surface area contributed by atoms with Crippen molar-refractivity contribution in [2.75, 3.05) is 6.54 Å². The van der Waals surface area contributed by atoms with E-state index in [1.165, 1.54) is 0 Å². The summed E-state index contributed by atoms with van der Waals surface area (Å²) in [6.45, 7) is 2.53. The minimum Gasteiger partial charge on any atom is -0.352 e. The number of carbonyl (C=O) groups excluding carboxylic acids is 1. The lowest BCUT2D eigenvalue weighted by molar-refractivity contribution is 0.0951. The molecule has 0 bridgehead atoms. The van der Waals surface area contributed by atoms with Crippen LogP contribution in [0.1, 0.15) is 33.9 Å². The third-order valence-corrected chi connectivity index (χ3v) is 5.03. The van der Waals surface area contributed by atoms with Gasteiger partial charge in [0, 0.05) is 23.3 Å². The number of unbranched alkanes of at least 4 members (excludes halogenated alkanes) is 1. The van der Waals surface area contributed by atoms with Gasteiger partial charge in [0.2, 0.25) is 0 Å². The molecule has 2 N–H and O–H groups in total. The molecule has 1 amide bonds. The Morgan fingerprint density at radius 3 is 2.65 bits per heavy atom. The molecule has 0 fully saturated rings. The zero-order chi connectivity index (χ0) is 18.4. The minimum absolute atomic E-state index is 0.139. The molecule has 26 heavy (non-hydrogen) atoms. The topological polar surface area (TPSA) is 74.8 Å². The fourth-order valence-electron chi connectivity index (χ4n) is 2.65. The normalized spacial score (nSPS) is 10.7. The zero-order valence-corrected chi connectivity index (χ0v) is 15.4. The monoisotopic (exact) mass is 367 g/mol. The number of hydrogen-bond donors (Lipinski definition) is 2. The number of nitrogens with zero attached hydrogens (tertiary/aromatic N) is 1. The van der Waals surface area contributed by atoms with Gasteiger partial charge in [0.1, 0.15) is 5.56 Å². The summed E-state index contributed by atoms with van der Waals surface area (Å²) < 4.78 is 0. The molecule has 0 atom stereocenters. The predicted molar refractivity (Wildman–Crippen MR) is 105 cm³/mol. The maximum atomic E-state index is 12.2. The van der Waals surface area contributed by atoms with Gasteiger partial charge in [-0.1, -0.05) is 30.3 Å². The average molecular weight is 367 g/mol. The molecule has 3 aromatic rings. The van der Waals surface area contributed by atoms with E-state index in [-0.39, 0.29) is 17.0 Å². The summed E-state index contributed by atoms with van der Waals surface area (Å²) in [4.78, 5) is 31.6. The lowest BCUT2D eigenvalue weighted by Gasteiger charge is -2.06. The van der Waals surface area contributed by atoms with E-state index in [9.17, 15) is 9.59 Å². The Kier molecular flexibility index (Phi) is 5.96. The molecule has 2 heterocycles. The van der Waals surface area contributed by atoms with E-state index in [1.54, 1.807) is 23.5 Å². The van der Waals surface area contributed by atoms with Gasteiger partial charge >= 0.3 is 0 Å². The molecule has 0 aliphatic heterocycles. The molecule has 2 aromatic heterocycles. The molecule has 0 radical (unpaired) electrons. The average Bonchev–Trinajstić information content (AvgIpc) is 3.07. The number of hydrogen-bond acceptors (Lipinski definition) is 4. The standard InChI is InChI=1S/C20H21N3O2S/c1-14-13-26-18(22-14)9-5-6-12-21-19(24)16-10-11-17(23-20(16)25)15-7-3-2-4-8-15/h2-4,7-8,10-11,13H,5-6,9,12H2,1H3,(H,21,24)(H,23,25). The molecule has 5 nitrogen and oxygen atoms in total. The van der Waals surface area contributed by atoms with Crippen LogP contribution in [0.4, 0.5) is 0 Å². The number of nitrogens with one attached hydrogen (secondary N) is 2. The van der Waals surface area contributed by atoms with Crippen LogP contribution in [0, 0.1) is 6.92 Å². The first kappa shape index (κ1) is 18.1. The van der Waals surface area contributed by atoms with Gasteiger partial charge in [0.25, 0.3) is 11.5 Å². The van der Waals surface area contributed by atoms with Crippen molar-refractivity contribution >= 4 is 17.2 Å². The van der Waals surface area contributed by atoms with Crippen molar-refractivity contribution in [1.82, 2.24) is 15.3 Å². The molecular weight excluding hydrogens is 346 g/mol. The number of aryl methyl sites for hydroxylation is 2. The summed E-state index contributed by atoms with van der Waals surface area (Å²) >= 11 is 1.67. The van der Waals surface area contributed by atoms with Crippen molar-refractivity contribution in [3.8, 4) is 11.3 Å². The van der Waals surface area contributed by atoms with Crippen molar-refractivity contribution in [1.29, 1.82) is 0 Å². The van der Waals surface area contributed by atoms with Crippen LogP contribution in [-0.2, 0) is 6.42 Å². The van der Waals surface area contributed by atoms with Crippen LogP contribution in [0.2, 0.25) is 0 Å². The molecule has 0 spiro atoms. The number of rotatable bonds is 7. The van der Waals surface area contributed by atoms with E-state index in [0.29, 0.717) is 12.2 Å². The van der Waals surface area contributed by atoms with Crippen molar-refractivity contribution in [2.45, 2.75) is 26.2 Å². The van der Waals surface area contributed by atoms with Crippen LogP contribution in [0.5, 0.6) is 0 Å². The summed E-state index contributed by atoms with van der Waals surface area (Å²) in [5, 5.41) is 5.99. The van der Waals surface area contributed by atoms with Crippen LogP contribution >= 0.6 is 11.3 Å². The van der Waals surface area contributed by atoms with Gasteiger partial charge in [-0.3, -0.25) is 9.59 Å². The fraction of sp³-hybridized carbons (Fsp3) is 0.250. The zero-order valence-electron chi connectivity index (χ0n) is 14.6. The van der Waals surface area contributed by atoms with Gasteiger partial charge < -0.3 is 10.3 Å². The van der Waals surface area contributed by atoms with Gasteiger partial charge in [0.05, 0.1) is 5.01 Å². The highest BCUT2D eigenvalue weighted by Crippen LogP contribution is 2.14. The third-order valence-electron chi connectivity index (χ3n) is 4.01. The molecule has 0 saturated carbocycles. The van der Waals surface area contributed by atoms with Gasteiger partial charge in [-0.25, -0.2) is 4.98 Å². The van der Waals surface area contributed by atoms with Crippen LogP contribution in [-0.4, -0.2) is 22.4 Å². The van der Waals surface area contributed by atoms with Crippen molar-refractivity contribution in [3.05, 3.63) is 74.5 Å². The molecule has 0 aliphatic rings. The smallest absolute Gasteiger partial charge is 0.261 e. The highest BCUT2D eigenvalue weighted by molar-refractivity contribution is 7.09. The molecule has 3 rings (SSSR count). The van der Waals surface area contributed by atoms with E-state index in [4.69, 9.17) is 0 Å². The summed E-state index contributed by atoms with van der Waals surface area (Å²) in [5.74, 6) is -0.337. The van der Waals surface area contributed by atoms with Gasteiger partial charge in [-0.2, -0.15) is 0 Å². The van der Waals surface area contributed by atoms with Crippen LogP contribution in [0.25, 0.3) is 11.3 Å². The Morgan fingerprint density at radius 1 is 1.15 bits per heavy atom. The third kappa shape index (κ3) is 4.67. The highest BCUT2D eigenvalue weighted by atomic mass is 32.1. The Morgan fingerprint density at radius 2 is 1.96 bits per heavy atom. The van der Waals surface area contributed by atoms with Crippen molar-refractivity contribution < 1.29 is 4.79 Å². The maximum absolute atomic E-state index is 12.2. The quantitative estimate of drug-likeness (QED) is 0.627. The Hall–Kier alpha value is -2.73. The second-order valence-electron chi connectivity index (χ2n) is 6.08. The second-order valence-corrected chi connectivity index (χ2v) is 7.02. The minimum atomic E-state index is -0.373. The lowest BCUT2D eigenvalue weighted by atomic mass is 10.1. The van der Waals surface area contributed by atoms with Crippen LogP contribution < -0.4 is 10.9 Å². The summed E-state index contributed by atoms with van der Waals surface area (Å²) in [5.41, 5.74) is 2.43. The molecule has 134 valence electrons. The molecular formula is C20H21N3O2S. The Bertz CT molecular complexity index is 931. The summed E-state index contributed by atoms with van der Waals surface area (Å²) in [6, 6.07) is 12.9. The summed E-state index contributed by atoms with van der Waals surface area (Å²) in [7, 11) is 0. The first-order valence-electron chi connectivity index (χ1n) is 8.61. The number of carbonyl (C=O) groups is 1. The fourth-order valence-corrected chi connectivity index (χ4v) is 3.47. The van der Waals surface area contributed by atoms with Crippen LogP contribution in [0.15, 0.2) is 52.6 Å². The van der Waals surface area contributed by atoms with E-state index in [1.807, 2.05) is 42.6 Å². The first-order chi connectivity index (χ1) is 12.6. The Labute approximate surface area is 156 Å². The molecule has 6 heteroatoms. The SMILES string of the molecule is Cc1csc(CCCCNC(=O)c2ccc(-c3ccccc3)[nH]c2=O)n1. The Balaban J connectivity index is 1.51. The number of amides is 1. The number of H-pyrrole nitrogens is 1. The van der Waals surface area contributed by atoms with Gasteiger partial charge in [-0.05, 0) is 43.9 Å². The molecule has 0 unspecified atom stereocenters. The number of aromatic nitrogens is 2. The molecule has 0 saturated heterocycles. The molecule has 1 aromatic carbocycles. The molecule has 0 aliphatic carbocycles. The van der Waals surface area contributed by atoms with E-state index >= 15 is 0 Å². The number of aromatic amines is 1.